The van der Waals surface area contributed by atoms with E-state index < -0.39 is 21.7 Å². The summed E-state index contributed by atoms with van der Waals surface area (Å²) in [5.74, 6) is -1.15. The smallest absolute Gasteiger partial charge is 0.267 e. The molecule has 0 aliphatic heterocycles. The van der Waals surface area contributed by atoms with Gasteiger partial charge in [0, 0.05) is 9.90 Å². The largest absolute Gasteiger partial charge is 0.274 e. The van der Waals surface area contributed by atoms with Gasteiger partial charge < -0.3 is 0 Å². The third kappa shape index (κ3) is 4.74. The standard InChI is InChI=1S/C19H13ClN2O3S2/c20-16-7-5-13(6-8-16)17-9-10-18(26-17)19(23)22-27(24,25)12-15-4-2-1-3-14(15)11-21/h1-10H,12H2,(H,22,23). The van der Waals surface area contributed by atoms with E-state index in [4.69, 9.17) is 16.9 Å². The van der Waals surface area contributed by atoms with E-state index in [2.05, 4.69) is 4.72 Å². The molecule has 27 heavy (non-hydrogen) atoms. The maximum atomic E-state index is 12.3. The summed E-state index contributed by atoms with van der Waals surface area (Å²) in [5, 5.41) is 9.67. The minimum absolute atomic E-state index is 0.261. The Bertz CT molecular complexity index is 1130. The molecule has 2 aromatic carbocycles. The molecule has 136 valence electrons. The summed E-state index contributed by atoms with van der Waals surface area (Å²) in [4.78, 5) is 13.4. The van der Waals surface area contributed by atoms with Gasteiger partial charge in [-0.15, -0.1) is 11.3 Å². The molecule has 8 heteroatoms. The first kappa shape index (κ1) is 19.1. The van der Waals surface area contributed by atoms with Crippen LogP contribution in [0.25, 0.3) is 10.4 Å². The molecule has 0 saturated heterocycles. The highest BCUT2D eigenvalue weighted by atomic mass is 35.5. The van der Waals surface area contributed by atoms with Crippen molar-refractivity contribution in [3.63, 3.8) is 0 Å². The highest BCUT2D eigenvalue weighted by Gasteiger charge is 2.20. The molecular formula is C19H13ClN2O3S2. The minimum atomic E-state index is -3.94. The normalized spacial score (nSPS) is 11.0. The van der Waals surface area contributed by atoms with Crippen LogP contribution in [0.5, 0.6) is 0 Å². The van der Waals surface area contributed by atoms with E-state index in [0.29, 0.717) is 10.6 Å². The predicted octanol–water partition coefficient (Wildman–Crippen LogP) is 4.20. The average molecular weight is 417 g/mol. The van der Waals surface area contributed by atoms with Gasteiger partial charge in [0.05, 0.1) is 22.3 Å². The lowest BCUT2D eigenvalue weighted by Crippen LogP contribution is -2.31. The summed E-state index contributed by atoms with van der Waals surface area (Å²) >= 11 is 7.05. The van der Waals surface area contributed by atoms with Crippen LogP contribution in [0.3, 0.4) is 0 Å². The second-order valence-electron chi connectivity index (χ2n) is 5.63. The molecule has 0 saturated carbocycles. The van der Waals surface area contributed by atoms with Gasteiger partial charge in [-0.25, -0.2) is 13.1 Å². The number of carbonyl (C=O) groups is 1. The van der Waals surface area contributed by atoms with Gasteiger partial charge in [0.25, 0.3) is 5.91 Å². The van der Waals surface area contributed by atoms with Gasteiger partial charge in [0.15, 0.2) is 0 Å². The van der Waals surface area contributed by atoms with E-state index in [-0.39, 0.29) is 10.4 Å². The molecule has 0 fully saturated rings. The molecule has 0 aliphatic rings. The molecule has 0 unspecified atom stereocenters. The number of hydrogen-bond acceptors (Lipinski definition) is 5. The van der Waals surface area contributed by atoms with Crippen LogP contribution >= 0.6 is 22.9 Å². The Labute approximate surface area is 165 Å². The lowest BCUT2D eigenvalue weighted by atomic mass is 10.1. The number of nitrogens with one attached hydrogen (secondary N) is 1. The monoisotopic (exact) mass is 416 g/mol. The van der Waals surface area contributed by atoms with Crippen molar-refractivity contribution in [3.8, 4) is 16.5 Å². The van der Waals surface area contributed by atoms with Crippen LogP contribution in [0.4, 0.5) is 0 Å². The zero-order chi connectivity index (χ0) is 19.4. The summed E-state index contributed by atoms with van der Waals surface area (Å²) in [7, 11) is -3.94. The number of carbonyl (C=O) groups excluding carboxylic acids is 1. The number of nitriles is 1. The summed E-state index contributed by atoms with van der Waals surface area (Å²) < 4.78 is 26.7. The number of halogens is 1. The van der Waals surface area contributed by atoms with E-state index in [1.807, 2.05) is 18.2 Å². The van der Waals surface area contributed by atoms with Crippen molar-refractivity contribution in [2.75, 3.05) is 0 Å². The molecule has 0 radical (unpaired) electrons. The van der Waals surface area contributed by atoms with E-state index in [9.17, 15) is 13.2 Å². The van der Waals surface area contributed by atoms with Gasteiger partial charge in [0.2, 0.25) is 10.0 Å². The fraction of sp³-hybridized carbons (Fsp3) is 0.0526. The summed E-state index contributed by atoms with van der Waals surface area (Å²) in [6.45, 7) is 0. The van der Waals surface area contributed by atoms with E-state index in [0.717, 1.165) is 10.4 Å². The molecule has 1 N–H and O–H groups in total. The third-order valence-electron chi connectivity index (χ3n) is 3.69. The average Bonchev–Trinajstić information content (AvgIpc) is 3.12. The van der Waals surface area contributed by atoms with Crippen molar-refractivity contribution in [2.45, 2.75) is 5.75 Å². The molecule has 0 aliphatic carbocycles. The van der Waals surface area contributed by atoms with Crippen LogP contribution in [0, 0.1) is 11.3 Å². The van der Waals surface area contributed by atoms with E-state index in [1.165, 1.54) is 17.4 Å². The van der Waals surface area contributed by atoms with Gasteiger partial charge >= 0.3 is 0 Å². The highest BCUT2D eigenvalue weighted by Crippen LogP contribution is 2.29. The first-order valence-corrected chi connectivity index (χ1v) is 10.6. The third-order valence-corrected chi connectivity index (χ3v) is 6.26. The van der Waals surface area contributed by atoms with Crippen LogP contribution < -0.4 is 4.72 Å². The second kappa shape index (κ2) is 7.92. The summed E-state index contributed by atoms with van der Waals surface area (Å²) in [5.41, 5.74) is 1.49. The fourth-order valence-corrected chi connectivity index (χ4v) is 4.64. The van der Waals surface area contributed by atoms with Crippen LogP contribution in [-0.4, -0.2) is 14.3 Å². The lowest BCUT2D eigenvalue weighted by Gasteiger charge is -2.07. The first-order valence-electron chi connectivity index (χ1n) is 7.76. The van der Waals surface area contributed by atoms with Gasteiger partial charge in [-0.3, -0.25) is 4.79 Å². The van der Waals surface area contributed by atoms with E-state index >= 15 is 0 Å². The number of hydrogen-bond donors (Lipinski definition) is 1. The Kier molecular flexibility index (Phi) is 5.61. The Morgan fingerprint density at radius 3 is 2.48 bits per heavy atom. The molecule has 1 heterocycles. The van der Waals surface area contributed by atoms with Crippen molar-refractivity contribution in [2.24, 2.45) is 0 Å². The number of benzene rings is 2. The molecule has 1 amide bonds. The topological polar surface area (TPSA) is 87.0 Å². The number of rotatable bonds is 5. The maximum Gasteiger partial charge on any atom is 0.274 e. The zero-order valence-corrected chi connectivity index (χ0v) is 16.2. The Morgan fingerprint density at radius 2 is 1.78 bits per heavy atom. The van der Waals surface area contributed by atoms with Crippen molar-refractivity contribution < 1.29 is 13.2 Å². The Hall–Kier alpha value is -2.66. The molecule has 0 atom stereocenters. The first-order chi connectivity index (χ1) is 12.9. The van der Waals surface area contributed by atoms with Crippen molar-refractivity contribution >= 4 is 38.9 Å². The molecule has 0 spiro atoms. The zero-order valence-electron chi connectivity index (χ0n) is 13.8. The van der Waals surface area contributed by atoms with Crippen molar-refractivity contribution in [1.82, 2.24) is 4.72 Å². The van der Waals surface area contributed by atoms with Crippen LogP contribution in [0.15, 0.2) is 60.7 Å². The van der Waals surface area contributed by atoms with Gasteiger partial charge in [0.1, 0.15) is 0 Å². The SMILES string of the molecule is N#Cc1ccccc1CS(=O)(=O)NC(=O)c1ccc(-c2ccc(Cl)cc2)s1. The van der Waals surface area contributed by atoms with Crippen LogP contribution in [0.2, 0.25) is 5.02 Å². The minimum Gasteiger partial charge on any atom is -0.267 e. The van der Waals surface area contributed by atoms with Crippen molar-refractivity contribution in [3.05, 3.63) is 81.7 Å². The van der Waals surface area contributed by atoms with Gasteiger partial charge in [-0.05, 0) is 41.5 Å². The highest BCUT2D eigenvalue weighted by molar-refractivity contribution is 7.89. The quantitative estimate of drug-likeness (QED) is 0.675. The molecule has 3 aromatic rings. The molecule has 5 nitrogen and oxygen atoms in total. The fourth-order valence-electron chi connectivity index (χ4n) is 2.42. The second-order valence-corrected chi connectivity index (χ2v) is 8.87. The van der Waals surface area contributed by atoms with Crippen molar-refractivity contribution in [1.29, 1.82) is 5.26 Å². The Morgan fingerprint density at radius 1 is 1.07 bits per heavy atom. The molecule has 0 bridgehead atoms. The van der Waals surface area contributed by atoms with Crippen LogP contribution in [-0.2, 0) is 15.8 Å². The van der Waals surface area contributed by atoms with E-state index in [1.54, 1.807) is 42.5 Å². The Balaban J connectivity index is 1.75. The predicted molar refractivity (Wildman–Crippen MR) is 106 cm³/mol. The summed E-state index contributed by atoms with van der Waals surface area (Å²) in [6.07, 6.45) is 0. The van der Waals surface area contributed by atoms with Crippen LogP contribution in [0.1, 0.15) is 20.8 Å². The molecule has 1 aromatic heterocycles. The lowest BCUT2D eigenvalue weighted by molar-refractivity contribution is 0.0985. The molecular weight excluding hydrogens is 404 g/mol. The summed E-state index contributed by atoms with van der Waals surface area (Å²) in [6, 6.07) is 18.8. The number of nitrogens with zero attached hydrogens (tertiary/aromatic N) is 1. The number of amides is 1. The molecule has 3 rings (SSSR count). The maximum absolute atomic E-state index is 12.3. The number of sulfonamides is 1. The van der Waals surface area contributed by atoms with Gasteiger partial charge in [-0.2, -0.15) is 5.26 Å². The number of thiophene rings is 1. The van der Waals surface area contributed by atoms with Gasteiger partial charge in [-0.1, -0.05) is 41.9 Å².